The van der Waals surface area contributed by atoms with Crippen LogP contribution >= 0.6 is 0 Å². The third-order valence-corrected chi connectivity index (χ3v) is 3.11. The molecule has 0 bridgehead atoms. The van der Waals surface area contributed by atoms with Crippen LogP contribution in [0, 0.1) is 0 Å². The molecule has 2 heteroatoms. The molecule has 1 aromatic carbocycles. The van der Waals surface area contributed by atoms with Crippen LogP contribution in [0.3, 0.4) is 0 Å². The summed E-state index contributed by atoms with van der Waals surface area (Å²) < 4.78 is 0. The fourth-order valence-electron chi connectivity index (χ4n) is 2.35. The summed E-state index contributed by atoms with van der Waals surface area (Å²) in [6.45, 7) is 5.53. The van der Waals surface area contributed by atoms with E-state index in [1.807, 2.05) is 0 Å². The molecule has 72 valence electrons. The van der Waals surface area contributed by atoms with Gasteiger partial charge in [-0.3, -0.25) is 4.90 Å². The van der Waals surface area contributed by atoms with Crippen LogP contribution in [0.4, 0.5) is 0 Å². The van der Waals surface area contributed by atoms with Crippen molar-refractivity contribution in [2.75, 3.05) is 6.54 Å². The monoisotopic (exact) mass is 186 g/mol. The maximum atomic E-state index is 3.34. The third kappa shape index (κ3) is 1.01. The van der Waals surface area contributed by atoms with Crippen molar-refractivity contribution in [1.29, 1.82) is 0 Å². The first-order valence-corrected chi connectivity index (χ1v) is 5.18. The lowest BCUT2D eigenvalue weighted by Crippen LogP contribution is -2.25. The van der Waals surface area contributed by atoms with E-state index in [1.165, 1.54) is 22.0 Å². The molecule has 0 spiro atoms. The van der Waals surface area contributed by atoms with Gasteiger partial charge in [0.2, 0.25) is 0 Å². The number of aromatic amines is 1. The smallest absolute Gasteiger partial charge is 0.0460 e. The minimum atomic E-state index is 1.09. The van der Waals surface area contributed by atoms with Crippen molar-refractivity contribution in [1.82, 2.24) is 9.88 Å². The van der Waals surface area contributed by atoms with E-state index >= 15 is 0 Å². The Labute approximate surface area is 83.5 Å². The molecule has 0 fully saturated rings. The molecule has 3 rings (SSSR count). The topological polar surface area (TPSA) is 19.0 Å². The first-order chi connectivity index (χ1) is 6.88. The lowest BCUT2D eigenvalue weighted by atomic mass is 10.0. The number of hydrogen-bond acceptors (Lipinski definition) is 1. The molecule has 0 unspecified atom stereocenters. The summed E-state index contributed by atoms with van der Waals surface area (Å²) in [5.74, 6) is 0. The number of hydrogen-bond donors (Lipinski definition) is 1. The molecular weight excluding hydrogens is 172 g/mol. The largest absolute Gasteiger partial charge is 0.361 e. The highest BCUT2D eigenvalue weighted by Crippen LogP contribution is 2.29. The number of nitrogens with one attached hydrogen (secondary N) is 1. The van der Waals surface area contributed by atoms with Gasteiger partial charge in [-0.1, -0.05) is 19.1 Å². The van der Waals surface area contributed by atoms with Gasteiger partial charge < -0.3 is 4.98 Å². The molecule has 0 aliphatic carbocycles. The maximum absolute atomic E-state index is 3.34. The standard InChI is InChI=1S/C12H14N2/c1-2-14-7-9-4-3-5-11-12(9)10(8-14)6-13-11/h3-6,13H,2,7-8H2,1H3. The second kappa shape index (κ2) is 2.85. The van der Waals surface area contributed by atoms with Crippen LogP contribution in [0.2, 0.25) is 0 Å². The average Bonchev–Trinajstić information content (AvgIpc) is 2.64. The van der Waals surface area contributed by atoms with E-state index in [0.717, 1.165) is 19.6 Å². The van der Waals surface area contributed by atoms with Crippen LogP contribution < -0.4 is 0 Å². The maximum Gasteiger partial charge on any atom is 0.0460 e. The van der Waals surface area contributed by atoms with Gasteiger partial charge >= 0.3 is 0 Å². The van der Waals surface area contributed by atoms with E-state index in [9.17, 15) is 0 Å². The lowest BCUT2D eigenvalue weighted by molar-refractivity contribution is 0.267. The van der Waals surface area contributed by atoms with Crippen molar-refractivity contribution >= 4 is 10.9 Å². The zero-order chi connectivity index (χ0) is 9.54. The van der Waals surface area contributed by atoms with Crippen LogP contribution in [0.1, 0.15) is 18.1 Å². The van der Waals surface area contributed by atoms with E-state index in [-0.39, 0.29) is 0 Å². The number of benzene rings is 1. The van der Waals surface area contributed by atoms with Gasteiger partial charge in [0, 0.05) is 30.2 Å². The van der Waals surface area contributed by atoms with E-state index < -0.39 is 0 Å². The summed E-state index contributed by atoms with van der Waals surface area (Å²) in [6.07, 6.45) is 2.15. The average molecular weight is 186 g/mol. The highest BCUT2D eigenvalue weighted by molar-refractivity contribution is 5.87. The highest BCUT2D eigenvalue weighted by Gasteiger charge is 2.17. The molecule has 2 nitrogen and oxygen atoms in total. The van der Waals surface area contributed by atoms with Crippen molar-refractivity contribution in [2.45, 2.75) is 20.0 Å². The van der Waals surface area contributed by atoms with Gasteiger partial charge in [0.05, 0.1) is 0 Å². The van der Waals surface area contributed by atoms with Crippen LogP contribution in [-0.2, 0) is 13.1 Å². The second-order valence-corrected chi connectivity index (χ2v) is 3.96. The van der Waals surface area contributed by atoms with E-state index in [0.29, 0.717) is 0 Å². The second-order valence-electron chi connectivity index (χ2n) is 3.96. The zero-order valence-corrected chi connectivity index (χ0v) is 8.38. The predicted molar refractivity (Wildman–Crippen MR) is 58.1 cm³/mol. The quantitative estimate of drug-likeness (QED) is 0.725. The molecule has 1 aromatic heterocycles. The van der Waals surface area contributed by atoms with E-state index in [1.54, 1.807) is 0 Å². The number of H-pyrrole nitrogens is 1. The van der Waals surface area contributed by atoms with Gasteiger partial charge in [-0.25, -0.2) is 0 Å². The summed E-state index contributed by atoms with van der Waals surface area (Å²) in [7, 11) is 0. The molecule has 0 saturated heterocycles. The minimum Gasteiger partial charge on any atom is -0.361 e. The molecule has 0 atom stereocenters. The molecule has 1 N–H and O–H groups in total. The molecular formula is C12H14N2. The Balaban J connectivity index is 2.23. The van der Waals surface area contributed by atoms with Crippen LogP contribution in [0.25, 0.3) is 10.9 Å². The summed E-state index contributed by atoms with van der Waals surface area (Å²) in [5.41, 5.74) is 4.20. The first-order valence-electron chi connectivity index (χ1n) is 5.18. The van der Waals surface area contributed by atoms with Gasteiger partial charge in [0.15, 0.2) is 0 Å². The molecule has 0 radical (unpaired) electrons. The molecule has 2 aromatic rings. The summed E-state index contributed by atoms with van der Waals surface area (Å²) in [4.78, 5) is 5.80. The van der Waals surface area contributed by atoms with Gasteiger partial charge in [0.1, 0.15) is 0 Å². The van der Waals surface area contributed by atoms with Crippen LogP contribution in [0.15, 0.2) is 24.4 Å². The van der Waals surface area contributed by atoms with Gasteiger partial charge in [-0.05, 0) is 23.7 Å². The predicted octanol–water partition coefficient (Wildman–Crippen LogP) is 2.50. The van der Waals surface area contributed by atoms with Crippen LogP contribution in [-0.4, -0.2) is 16.4 Å². The lowest BCUT2D eigenvalue weighted by Gasteiger charge is -2.25. The number of rotatable bonds is 1. The van der Waals surface area contributed by atoms with Crippen molar-refractivity contribution in [2.24, 2.45) is 0 Å². The Morgan fingerprint density at radius 1 is 1.29 bits per heavy atom. The summed E-state index contributed by atoms with van der Waals surface area (Å²) in [5, 5.41) is 1.46. The first kappa shape index (κ1) is 8.06. The molecule has 2 heterocycles. The third-order valence-electron chi connectivity index (χ3n) is 3.11. The number of aromatic nitrogens is 1. The Hall–Kier alpha value is -1.28. The van der Waals surface area contributed by atoms with Gasteiger partial charge in [-0.15, -0.1) is 0 Å². The molecule has 1 aliphatic rings. The van der Waals surface area contributed by atoms with Crippen molar-refractivity contribution < 1.29 is 0 Å². The fourth-order valence-corrected chi connectivity index (χ4v) is 2.35. The molecule has 0 amide bonds. The van der Waals surface area contributed by atoms with Crippen LogP contribution in [0.5, 0.6) is 0 Å². The van der Waals surface area contributed by atoms with Gasteiger partial charge in [-0.2, -0.15) is 0 Å². The number of nitrogens with zero attached hydrogens (tertiary/aromatic N) is 1. The Kier molecular flexibility index (Phi) is 1.64. The van der Waals surface area contributed by atoms with E-state index in [4.69, 9.17) is 0 Å². The Bertz CT molecular complexity index is 470. The fraction of sp³-hybridized carbons (Fsp3) is 0.333. The molecule has 1 aliphatic heterocycles. The SMILES string of the molecule is CCN1Cc2cccc3[nH]cc(c23)C1. The highest BCUT2D eigenvalue weighted by atomic mass is 15.1. The zero-order valence-electron chi connectivity index (χ0n) is 8.38. The molecule has 0 saturated carbocycles. The molecule has 14 heavy (non-hydrogen) atoms. The van der Waals surface area contributed by atoms with E-state index in [2.05, 4.69) is 41.2 Å². The normalized spacial score (nSPS) is 16.4. The Morgan fingerprint density at radius 3 is 3.00 bits per heavy atom. The van der Waals surface area contributed by atoms with Crippen molar-refractivity contribution in [3.8, 4) is 0 Å². The minimum absolute atomic E-state index is 1.09. The Morgan fingerprint density at radius 2 is 2.14 bits per heavy atom. The van der Waals surface area contributed by atoms with Gasteiger partial charge in [0.25, 0.3) is 0 Å². The van der Waals surface area contributed by atoms with Crippen molar-refractivity contribution in [3.05, 3.63) is 35.5 Å². The summed E-state index contributed by atoms with van der Waals surface area (Å²) in [6, 6.07) is 6.53. The van der Waals surface area contributed by atoms with Crippen molar-refractivity contribution in [3.63, 3.8) is 0 Å². The summed E-state index contributed by atoms with van der Waals surface area (Å²) >= 11 is 0.